The zero-order valence-electron chi connectivity index (χ0n) is 10.3. The topological polar surface area (TPSA) is 41.6 Å². The molecule has 19 heavy (non-hydrogen) atoms. The van der Waals surface area contributed by atoms with Gasteiger partial charge in [0.2, 0.25) is 0 Å². The van der Waals surface area contributed by atoms with Crippen LogP contribution in [0.25, 0.3) is 5.69 Å². The molecule has 1 heterocycles. The van der Waals surface area contributed by atoms with Gasteiger partial charge in [-0.2, -0.15) is 10.4 Å². The maximum atomic E-state index is 12.8. The molecule has 2 rings (SSSR count). The summed E-state index contributed by atoms with van der Waals surface area (Å²) in [6.07, 6.45) is -2.83. The van der Waals surface area contributed by atoms with Gasteiger partial charge in [-0.1, -0.05) is 29.3 Å². The number of halogens is 3. The minimum atomic E-state index is -2.83. The van der Waals surface area contributed by atoms with Gasteiger partial charge in [0.05, 0.1) is 5.69 Å². The van der Waals surface area contributed by atoms with Crippen molar-refractivity contribution in [2.45, 2.75) is 20.3 Å². The van der Waals surface area contributed by atoms with Crippen LogP contribution in [0.1, 0.15) is 28.8 Å². The molecule has 3 nitrogen and oxygen atoms in total. The van der Waals surface area contributed by atoms with Crippen molar-refractivity contribution in [3.05, 3.63) is 45.7 Å². The summed E-state index contributed by atoms with van der Waals surface area (Å²) in [5, 5.41) is 12.6. The van der Waals surface area contributed by atoms with Crippen LogP contribution in [0.4, 0.5) is 8.78 Å². The van der Waals surface area contributed by atoms with Crippen molar-refractivity contribution >= 4 is 11.6 Å². The molecular formula is C13H10ClF2N3. The first kappa shape index (κ1) is 13.5. The lowest BCUT2D eigenvalue weighted by molar-refractivity contribution is 0.145. The second-order valence-electron chi connectivity index (χ2n) is 4.17. The molecule has 1 aromatic heterocycles. The Labute approximate surface area is 114 Å². The molecule has 0 saturated heterocycles. The zero-order valence-corrected chi connectivity index (χ0v) is 11.0. The highest BCUT2D eigenvalue weighted by molar-refractivity contribution is 6.31. The summed E-state index contributed by atoms with van der Waals surface area (Å²) in [4.78, 5) is 0. The van der Waals surface area contributed by atoms with Gasteiger partial charge in [-0.3, -0.25) is 0 Å². The third kappa shape index (κ3) is 2.32. The van der Waals surface area contributed by atoms with Crippen molar-refractivity contribution in [2.75, 3.05) is 0 Å². The van der Waals surface area contributed by atoms with Gasteiger partial charge in [-0.15, -0.1) is 0 Å². The van der Waals surface area contributed by atoms with E-state index in [4.69, 9.17) is 16.9 Å². The normalized spacial score (nSPS) is 10.8. The number of benzene rings is 1. The lowest BCUT2D eigenvalue weighted by Crippen LogP contribution is -2.00. The van der Waals surface area contributed by atoms with E-state index in [0.29, 0.717) is 5.69 Å². The lowest BCUT2D eigenvalue weighted by atomic mass is 10.1. The van der Waals surface area contributed by atoms with Gasteiger partial charge in [-0.05, 0) is 25.5 Å². The third-order valence-electron chi connectivity index (χ3n) is 2.76. The molecule has 0 aliphatic heterocycles. The molecule has 0 fully saturated rings. The number of aryl methyl sites for hydroxylation is 2. The Bertz CT molecular complexity index is 671. The summed E-state index contributed by atoms with van der Waals surface area (Å²) in [5.41, 5.74) is 1.59. The van der Waals surface area contributed by atoms with Crippen molar-refractivity contribution < 1.29 is 8.78 Å². The monoisotopic (exact) mass is 281 g/mol. The van der Waals surface area contributed by atoms with Gasteiger partial charge in [-0.25, -0.2) is 13.5 Å². The van der Waals surface area contributed by atoms with E-state index in [2.05, 4.69) is 5.10 Å². The Morgan fingerprint density at radius 2 is 2.05 bits per heavy atom. The zero-order chi connectivity index (χ0) is 14.2. The maximum absolute atomic E-state index is 12.8. The van der Waals surface area contributed by atoms with E-state index in [1.54, 1.807) is 12.1 Å². The fourth-order valence-electron chi connectivity index (χ4n) is 1.87. The van der Waals surface area contributed by atoms with Crippen molar-refractivity contribution in [3.8, 4) is 11.8 Å². The Balaban J connectivity index is 2.67. The third-order valence-corrected chi connectivity index (χ3v) is 3.10. The van der Waals surface area contributed by atoms with Crippen molar-refractivity contribution in [1.82, 2.24) is 9.78 Å². The summed E-state index contributed by atoms with van der Waals surface area (Å²) in [6, 6.07) is 7.13. The highest BCUT2D eigenvalue weighted by Gasteiger charge is 2.24. The number of hydrogen-bond acceptors (Lipinski definition) is 2. The lowest BCUT2D eigenvalue weighted by Gasteiger charge is -2.07. The second-order valence-corrected chi connectivity index (χ2v) is 4.52. The fourth-order valence-corrected chi connectivity index (χ4v) is 2.14. The van der Waals surface area contributed by atoms with Crippen LogP contribution in [0.3, 0.4) is 0 Å². The minimum absolute atomic E-state index is 0.0928. The first-order valence-electron chi connectivity index (χ1n) is 5.50. The van der Waals surface area contributed by atoms with E-state index < -0.39 is 12.1 Å². The maximum Gasteiger partial charge on any atom is 0.283 e. The van der Waals surface area contributed by atoms with Gasteiger partial charge >= 0.3 is 0 Å². The molecule has 0 spiro atoms. The average Bonchev–Trinajstić information content (AvgIpc) is 2.66. The number of nitrogens with zero attached hydrogens (tertiary/aromatic N) is 3. The Kier molecular flexibility index (Phi) is 3.54. The standard InChI is InChI=1S/C13H10ClF2N3/c1-7-3-4-10(8(2)5-7)19-12(14)9(6-17)11(18-19)13(15)16/h3-5,13H,1-2H3. The van der Waals surface area contributed by atoms with Gasteiger partial charge in [0.25, 0.3) is 6.43 Å². The Morgan fingerprint density at radius 1 is 1.37 bits per heavy atom. The van der Waals surface area contributed by atoms with Crippen LogP contribution >= 0.6 is 11.6 Å². The summed E-state index contributed by atoms with van der Waals surface area (Å²) >= 11 is 5.96. The molecule has 1 aromatic carbocycles. The largest absolute Gasteiger partial charge is 0.283 e. The molecule has 0 atom stereocenters. The van der Waals surface area contributed by atoms with Crippen LogP contribution in [0.2, 0.25) is 5.15 Å². The molecule has 98 valence electrons. The van der Waals surface area contributed by atoms with Crippen LogP contribution in [0.15, 0.2) is 18.2 Å². The van der Waals surface area contributed by atoms with E-state index in [1.807, 2.05) is 26.0 Å². The van der Waals surface area contributed by atoms with Crippen LogP contribution < -0.4 is 0 Å². The predicted molar refractivity (Wildman–Crippen MR) is 67.7 cm³/mol. The summed E-state index contributed by atoms with van der Waals surface area (Å²) in [5.74, 6) is 0. The Hall–Kier alpha value is -1.93. The SMILES string of the molecule is Cc1ccc(-n2nc(C(F)F)c(C#N)c2Cl)c(C)c1. The van der Waals surface area contributed by atoms with Crippen molar-refractivity contribution in [2.24, 2.45) is 0 Å². The first-order chi connectivity index (χ1) is 8.95. The number of aromatic nitrogens is 2. The first-order valence-corrected chi connectivity index (χ1v) is 5.87. The molecule has 0 bridgehead atoms. The van der Waals surface area contributed by atoms with Crippen LogP contribution in [-0.4, -0.2) is 9.78 Å². The summed E-state index contributed by atoms with van der Waals surface area (Å²) < 4.78 is 26.8. The molecule has 0 amide bonds. The molecule has 0 aliphatic rings. The smallest absolute Gasteiger partial charge is 0.220 e. The van der Waals surface area contributed by atoms with Crippen molar-refractivity contribution in [3.63, 3.8) is 0 Å². The molecule has 0 saturated carbocycles. The predicted octanol–water partition coefficient (Wildman–Crippen LogP) is 3.95. The second kappa shape index (κ2) is 4.98. The van der Waals surface area contributed by atoms with E-state index >= 15 is 0 Å². The number of nitriles is 1. The van der Waals surface area contributed by atoms with E-state index in [-0.39, 0.29) is 10.7 Å². The Morgan fingerprint density at radius 3 is 2.53 bits per heavy atom. The molecule has 6 heteroatoms. The highest BCUT2D eigenvalue weighted by Crippen LogP contribution is 2.30. The molecule has 0 N–H and O–H groups in total. The van der Waals surface area contributed by atoms with Crippen LogP contribution in [-0.2, 0) is 0 Å². The van der Waals surface area contributed by atoms with E-state index in [1.165, 1.54) is 4.68 Å². The van der Waals surface area contributed by atoms with Gasteiger partial charge < -0.3 is 0 Å². The number of rotatable bonds is 2. The van der Waals surface area contributed by atoms with Gasteiger partial charge in [0.1, 0.15) is 17.3 Å². The average molecular weight is 282 g/mol. The molecular weight excluding hydrogens is 272 g/mol. The molecule has 0 radical (unpaired) electrons. The fraction of sp³-hybridized carbons (Fsp3) is 0.231. The minimum Gasteiger partial charge on any atom is -0.220 e. The summed E-state index contributed by atoms with van der Waals surface area (Å²) in [7, 11) is 0. The molecule has 2 aromatic rings. The van der Waals surface area contributed by atoms with Crippen LogP contribution in [0, 0.1) is 25.2 Å². The molecule has 0 unspecified atom stereocenters. The van der Waals surface area contributed by atoms with Gasteiger partial charge in [0.15, 0.2) is 5.15 Å². The number of alkyl halides is 2. The van der Waals surface area contributed by atoms with E-state index in [0.717, 1.165) is 11.1 Å². The van der Waals surface area contributed by atoms with Crippen LogP contribution in [0.5, 0.6) is 0 Å². The molecule has 0 aliphatic carbocycles. The van der Waals surface area contributed by atoms with E-state index in [9.17, 15) is 8.78 Å². The van der Waals surface area contributed by atoms with Crippen molar-refractivity contribution in [1.29, 1.82) is 5.26 Å². The van der Waals surface area contributed by atoms with Gasteiger partial charge in [0, 0.05) is 0 Å². The highest BCUT2D eigenvalue weighted by atomic mass is 35.5. The quantitative estimate of drug-likeness (QED) is 0.836. The summed E-state index contributed by atoms with van der Waals surface area (Å²) in [6.45, 7) is 3.75. The number of hydrogen-bond donors (Lipinski definition) is 0.